The van der Waals surface area contributed by atoms with E-state index in [9.17, 15) is 0 Å². The fraction of sp³-hybridized carbons (Fsp3) is 0.846. The molecule has 1 aliphatic rings. The van der Waals surface area contributed by atoms with Gasteiger partial charge >= 0.3 is 0 Å². The number of hydrogen-bond acceptors (Lipinski definition) is 4. The predicted molar refractivity (Wildman–Crippen MR) is 88.0 cm³/mol. The fourth-order valence-electron chi connectivity index (χ4n) is 2.70. The minimum absolute atomic E-state index is 0.242. The summed E-state index contributed by atoms with van der Waals surface area (Å²) in [4.78, 5) is 0. The van der Waals surface area contributed by atoms with Crippen LogP contribution in [0.4, 0.5) is 0 Å². The van der Waals surface area contributed by atoms with Crippen molar-refractivity contribution in [1.29, 1.82) is 10.8 Å². The molecule has 0 amide bonds. The van der Waals surface area contributed by atoms with Gasteiger partial charge in [-0.05, 0) is 31.1 Å². The average molecular weight is 303 g/mol. The van der Waals surface area contributed by atoms with Crippen LogP contribution < -0.4 is 11.5 Å². The molecule has 0 atom stereocenters. The molecule has 0 aromatic rings. The van der Waals surface area contributed by atoms with Crippen LogP contribution in [0.25, 0.3) is 0 Å². The van der Waals surface area contributed by atoms with Crippen molar-refractivity contribution in [2.45, 2.75) is 44.9 Å². The summed E-state index contributed by atoms with van der Waals surface area (Å²) in [5.74, 6) is 3.71. The van der Waals surface area contributed by atoms with Gasteiger partial charge in [0.25, 0.3) is 0 Å². The maximum absolute atomic E-state index is 7.18. The van der Waals surface area contributed by atoms with E-state index in [0.29, 0.717) is 0 Å². The van der Waals surface area contributed by atoms with E-state index < -0.39 is 0 Å². The van der Waals surface area contributed by atoms with Crippen LogP contribution in [0.1, 0.15) is 44.9 Å². The Morgan fingerprint density at radius 2 is 1.32 bits per heavy atom. The Kier molecular flexibility index (Phi) is 8.37. The molecule has 0 heterocycles. The Bertz CT molecular complexity index is 288. The first-order chi connectivity index (χ1) is 9.08. The minimum atomic E-state index is 0.242. The van der Waals surface area contributed by atoms with Gasteiger partial charge in [-0.25, -0.2) is 0 Å². The molecular formula is C13H26N4S2. The molecule has 0 unspecified atom stereocenters. The van der Waals surface area contributed by atoms with Crippen molar-refractivity contribution in [3.8, 4) is 0 Å². The zero-order valence-corrected chi connectivity index (χ0v) is 13.1. The summed E-state index contributed by atoms with van der Waals surface area (Å²) < 4.78 is 0. The second-order valence-electron chi connectivity index (χ2n) is 5.24. The van der Waals surface area contributed by atoms with Crippen LogP contribution in [-0.2, 0) is 0 Å². The smallest absolute Gasteiger partial charge is 0.151 e. The maximum atomic E-state index is 7.18. The second-order valence-corrected chi connectivity index (χ2v) is 7.52. The van der Waals surface area contributed by atoms with E-state index in [1.807, 2.05) is 0 Å². The lowest BCUT2D eigenvalue weighted by molar-refractivity contribution is 0.259. The van der Waals surface area contributed by atoms with Crippen LogP contribution in [0.5, 0.6) is 0 Å². The van der Waals surface area contributed by atoms with E-state index in [1.54, 1.807) is 0 Å². The molecule has 19 heavy (non-hydrogen) atoms. The van der Waals surface area contributed by atoms with Crippen molar-refractivity contribution < 1.29 is 0 Å². The number of amidine groups is 2. The van der Waals surface area contributed by atoms with Crippen molar-refractivity contribution in [3.63, 3.8) is 0 Å². The minimum Gasteiger partial charge on any atom is -0.379 e. The van der Waals surface area contributed by atoms with Crippen LogP contribution in [0.15, 0.2) is 0 Å². The molecule has 4 nitrogen and oxygen atoms in total. The molecule has 0 spiro atoms. The molecule has 0 aromatic carbocycles. The van der Waals surface area contributed by atoms with Gasteiger partial charge in [0, 0.05) is 11.5 Å². The third-order valence-corrected chi connectivity index (χ3v) is 5.32. The zero-order chi connectivity index (χ0) is 14.1. The first-order valence-corrected chi connectivity index (χ1v) is 8.98. The van der Waals surface area contributed by atoms with Crippen molar-refractivity contribution in [1.82, 2.24) is 0 Å². The highest BCUT2D eigenvalue weighted by Crippen LogP contribution is 2.34. The summed E-state index contributed by atoms with van der Waals surface area (Å²) in [5, 5.41) is 14.8. The molecule has 0 aliphatic heterocycles. The van der Waals surface area contributed by atoms with Gasteiger partial charge in [-0.15, -0.1) is 0 Å². The molecule has 0 aromatic heterocycles. The summed E-state index contributed by atoms with van der Waals surface area (Å²) in [7, 11) is 0. The predicted octanol–water partition coefficient (Wildman–Crippen LogP) is 3.22. The Labute approximate surface area is 124 Å². The highest BCUT2D eigenvalue weighted by atomic mass is 32.2. The Balaban J connectivity index is 2.02. The summed E-state index contributed by atoms with van der Waals surface area (Å²) in [6.07, 6.45) is 9.04. The van der Waals surface area contributed by atoms with Crippen molar-refractivity contribution in [2.75, 3.05) is 11.5 Å². The first-order valence-electron chi connectivity index (χ1n) is 7.01. The second kappa shape index (κ2) is 9.53. The molecule has 110 valence electrons. The lowest BCUT2D eigenvalue weighted by Gasteiger charge is -2.28. The van der Waals surface area contributed by atoms with Crippen molar-refractivity contribution in [2.24, 2.45) is 23.3 Å². The molecule has 0 radical (unpaired) electrons. The Hall–Kier alpha value is -0.360. The summed E-state index contributed by atoms with van der Waals surface area (Å²) in [6, 6.07) is 0. The van der Waals surface area contributed by atoms with Gasteiger partial charge in [-0.3, -0.25) is 10.8 Å². The number of nitrogens with one attached hydrogen (secondary N) is 2. The van der Waals surface area contributed by atoms with Gasteiger partial charge in [0.2, 0.25) is 0 Å². The normalized spacial score (nSPS) is 23.2. The molecule has 6 heteroatoms. The molecule has 6 N–H and O–H groups in total. The quantitative estimate of drug-likeness (QED) is 0.329. The lowest BCUT2D eigenvalue weighted by Crippen LogP contribution is -2.16. The Morgan fingerprint density at radius 1 is 0.842 bits per heavy atom. The fourth-order valence-corrected chi connectivity index (χ4v) is 3.90. The monoisotopic (exact) mass is 302 g/mol. The highest BCUT2D eigenvalue weighted by Gasteiger charge is 2.20. The third kappa shape index (κ3) is 8.42. The first kappa shape index (κ1) is 16.7. The van der Waals surface area contributed by atoms with Crippen LogP contribution >= 0.6 is 23.5 Å². The van der Waals surface area contributed by atoms with Gasteiger partial charge in [0.15, 0.2) is 10.3 Å². The van der Waals surface area contributed by atoms with E-state index in [-0.39, 0.29) is 10.3 Å². The number of nitrogens with two attached hydrogens (primary N) is 2. The number of hydrogen-bond donors (Lipinski definition) is 4. The zero-order valence-electron chi connectivity index (χ0n) is 11.5. The van der Waals surface area contributed by atoms with Crippen LogP contribution in [0.3, 0.4) is 0 Å². The standard InChI is InChI=1S/C13H26N4S2/c14-12(15)18-8-1-2-10-3-5-11(6-4-10)7-9-19-13(16)17/h10-11H,1-9H2,(H3,14,15)(H3,16,17). The van der Waals surface area contributed by atoms with E-state index in [2.05, 4.69) is 0 Å². The molecule has 0 bridgehead atoms. The summed E-state index contributed by atoms with van der Waals surface area (Å²) >= 11 is 2.93. The van der Waals surface area contributed by atoms with Gasteiger partial charge in [-0.2, -0.15) is 0 Å². The summed E-state index contributed by atoms with van der Waals surface area (Å²) in [5.41, 5.74) is 10.7. The number of rotatable bonds is 7. The molecule has 1 aliphatic carbocycles. The SMILES string of the molecule is N=C(N)SCCCC1CCC(CCSC(=N)N)CC1. The van der Waals surface area contributed by atoms with Crippen molar-refractivity contribution >= 4 is 33.9 Å². The van der Waals surface area contributed by atoms with E-state index in [1.165, 1.54) is 68.5 Å². The maximum Gasteiger partial charge on any atom is 0.151 e. The van der Waals surface area contributed by atoms with E-state index in [0.717, 1.165) is 23.3 Å². The van der Waals surface area contributed by atoms with Crippen molar-refractivity contribution in [3.05, 3.63) is 0 Å². The largest absolute Gasteiger partial charge is 0.379 e. The van der Waals surface area contributed by atoms with Crippen LogP contribution in [0.2, 0.25) is 0 Å². The van der Waals surface area contributed by atoms with Crippen LogP contribution in [-0.4, -0.2) is 21.8 Å². The third-order valence-electron chi connectivity index (χ3n) is 3.76. The molecule has 0 saturated heterocycles. The Morgan fingerprint density at radius 3 is 1.84 bits per heavy atom. The van der Waals surface area contributed by atoms with Gasteiger partial charge in [-0.1, -0.05) is 49.2 Å². The van der Waals surface area contributed by atoms with E-state index in [4.69, 9.17) is 22.3 Å². The van der Waals surface area contributed by atoms with Gasteiger partial charge < -0.3 is 11.5 Å². The number of thioether (sulfide) groups is 2. The molecule has 1 rings (SSSR count). The lowest BCUT2D eigenvalue weighted by atomic mass is 9.79. The van der Waals surface area contributed by atoms with E-state index >= 15 is 0 Å². The molecular weight excluding hydrogens is 276 g/mol. The molecule has 1 saturated carbocycles. The van der Waals surface area contributed by atoms with Gasteiger partial charge in [0.1, 0.15) is 0 Å². The summed E-state index contributed by atoms with van der Waals surface area (Å²) in [6.45, 7) is 0. The average Bonchev–Trinajstić information content (AvgIpc) is 2.36. The molecule has 1 fully saturated rings. The van der Waals surface area contributed by atoms with Crippen LogP contribution in [0, 0.1) is 22.7 Å². The topological polar surface area (TPSA) is 99.7 Å². The van der Waals surface area contributed by atoms with Gasteiger partial charge in [0.05, 0.1) is 0 Å². The highest BCUT2D eigenvalue weighted by molar-refractivity contribution is 8.13.